The summed E-state index contributed by atoms with van der Waals surface area (Å²) >= 11 is 0. The van der Waals surface area contributed by atoms with Crippen LogP contribution in [0.25, 0.3) is 0 Å². The molecule has 0 amide bonds. The van der Waals surface area contributed by atoms with Crippen LogP contribution in [0.5, 0.6) is 0 Å². The van der Waals surface area contributed by atoms with Gasteiger partial charge in [0.2, 0.25) is 0 Å². The Balaban J connectivity index is 2.05. The molecule has 0 bridgehead atoms. The van der Waals surface area contributed by atoms with E-state index in [0.717, 1.165) is 0 Å². The summed E-state index contributed by atoms with van der Waals surface area (Å²) in [6, 6.07) is 1.53. The molecule has 0 aromatic carbocycles. The third-order valence-electron chi connectivity index (χ3n) is 2.96. The largest absolute Gasteiger partial charge is 0.418 e. The first-order valence-electron chi connectivity index (χ1n) is 6.27. The Labute approximate surface area is 112 Å². The second-order valence-electron chi connectivity index (χ2n) is 4.86. The van der Waals surface area contributed by atoms with Gasteiger partial charge in [0.25, 0.3) is 0 Å². The second kappa shape index (κ2) is 5.82. The third kappa shape index (κ3) is 3.41. The number of nitrogens with zero attached hydrogens (tertiary/aromatic N) is 2. The Kier molecular flexibility index (Phi) is 4.35. The molecule has 7 nitrogen and oxygen atoms in total. The summed E-state index contributed by atoms with van der Waals surface area (Å²) in [5, 5.41) is 9.93. The molecular weight excluding hydrogens is 266 g/mol. The van der Waals surface area contributed by atoms with Gasteiger partial charge in [-0.05, 0) is 19.2 Å². The van der Waals surface area contributed by atoms with Crippen LogP contribution in [0.3, 0.4) is 0 Å². The molecule has 1 aliphatic heterocycles. The first-order valence-corrected chi connectivity index (χ1v) is 9.05. The molecule has 2 heterocycles. The molecule has 0 aliphatic carbocycles. The topological polar surface area (TPSA) is 99.6 Å². The first kappa shape index (κ1) is 14.2. The van der Waals surface area contributed by atoms with E-state index in [9.17, 15) is 9.90 Å². The van der Waals surface area contributed by atoms with E-state index >= 15 is 0 Å². The fourth-order valence-corrected chi connectivity index (χ4v) is 2.54. The SMILES string of the molecule is C[SiH](C)OC[C@H]1O[C@@H](n2ccc(N)nc2=O)C[C@@H]1O. The molecule has 8 heteroatoms. The number of ether oxygens (including phenoxy) is 1. The first-order chi connectivity index (χ1) is 8.97. The molecule has 3 atom stereocenters. The van der Waals surface area contributed by atoms with Crippen molar-refractivity contribution in [1.29, 1.82) is 0 Å². The summed E-state index contributed by atoms with van der Waals surface area (Å²) in [6.45, 7) is 4.46. The summed E-state index contributed by atoms with van der Waals surface area (Å²) in [7, 11) is -1.15. The number of nitrogens with two attached hydrogens (primary N) is 1. The van der Waals surface area contributed by atoms with E-state index in [1.807, 2.05) is 13.1 Å². The summed E-state index contributed by atoms with van der Waals surface area (Å²) < 4.78 is 12.6. The fourth-order valence-electron chi connectivity index (χ4n) is 1.97. The van der Waals surface area contributed by atoms with E-state index in [2.05, 4.69) is 4.98 Å². The molecule has 0 unspecified atom stereocenters. The normalized spacial score (nSPS) is 27.1. The number of aromatic nitrogens is 2. The average Bonchev–Trinajstić information content (AvgIpc) is 2.67. The summed E-state index contributed by atoms with van der Waals surface area (Å²) in [5.41, 5.74) is 4.96. The average molecular weight is 285 g/mol. The van der Waals surface area contributed by atoms with Crippen LogP contribution >= 0.6 is 0 Å². The van der Waals surface area contributed by atoms with Crippen LogP contribution in [0.4, 0.5) is 5.82 Å². The van der Waals surface area contributed by atoms with Crippen molar-refractivity contribution in [3.05, 3.63) is 22.7 Å². The molecule has 0 spiro atoms. The van der Waals surface area contributed by atoms with Gasteiger partial charge < -0.3 is 20.0 Å². The Morgan fingerprint density at radius 3 is 3.05 bits per heavy atom. The number of rotatable bonds is 4. The monoisotopic (exact) mass is 285 g/mol. The van der Waals surface area contributed by atoms with Crippen molar-refractivity contribution in [1.82, 2.24) is 9.55 Å². The van der Waals surface area contributed by atoms with E-state index in [1.165, 1.54) is 16.8 Å². The molecule has 1 saturated heterocycles. The Hall–Kier alpha value is -1.22. The molecule has 1 fully saturated rings. The van der Waals surface area contributed by atoms with Crippen molar-refractivity contribution in [2.24, 2.45) is 0 Å². The van der Waals surface area contributed by atoms with Gasteiger partial charge in [-0.25, -0.2) is 4.79 Å². The van der Waals surface area contributed by atoms with Crippen LogP contribution in [0.1, 0.15) is 12.6 Å². The number of aliphatic hydroxyl groups excluding tert-OH is 1. The van der Waals surface area contributed by atoms with Crippen molar-refractivity contribution < 1.29 is 14.3 Å². The third-order valence-corrected chi connectivity index (χ3v) is 3.82. The maximum Gasteiger partial charge on any atom is 0.351 e. The maximum absolute atomic E-state index is 11.7. The smallest absolute Gasteiger partial charge is 0.351 e. The van der Waals surface area contributed by atoms with Crippen LogP contribution in [0.15, 0.2) is 17.1 Å². The minimum atomic E-state index is -1.15. The number of nitrogen functional groups attached to an aromatic ring is 1. The molecule has 2 rings (SSSR count). The van der Waals surface area contributed by atoms with Crippen molar-refractivity contribution in [3.8, 4) is 0 Å². The van der Waals surface area contributed by atoms with Crippen molar-refractivity contribution >= 4 is 14.9 Å². The lowest BCUT2D eigenvalue weighted by Gasteiger charge is -2.17. The summed E-state index contributed by atoms with van der Waals surface area (Å²) in [6.07, 6.45) is 0.325. The lowest BCUT2D eigenvalue weighted by Crippen LogP contribution is -2.29. The zero-order valence-electron chi connectivity index (χ0n) is 11.0. The molecule has 106 valence electrons. The van der Waals surface area contributed by atoms with Crippen molar-refractivity contribution in [2.75, 3.05) is 12.3 Å². The highest BCUT2D eigenvalue weighted by molar-refractivity contribution is 6.48. The number of hydrogen-bond acceptors (Lipinski definition) is 6. The Bertz CT molecular complexity index is 493. The summed E-state index contributed by atoms with van der Waals surface area (Å²) in [4.78, 5) is 15.3. The minimum Gasteiger partial charge on any atom is -0.418 e. The van der Waals surface area contributed by atoms with Crippen LogP contribution < -0.4 is 11.4 Å². The van der Waals surface area contributed by atoms with Gasteiger partial charge in [0.1, 0.15) is 18.1 Å². The molecular formula is C11H19N3O4Si. The summed E-state index contributed by atoms with van der Waals surface area (Å²) in [5.74, 6) is 0.172. The quantitative estimate of drug-likeness (QED) is 0.722. The lowest BCUT2D eigenvalue weighted by molar-refractivity contribution is -0.0413. The molecule has 1 aromatic rings. The highest BCUT2D eigenvalue weighted by atomic mass is 28.3. The predicted octanol–water partition coefficient (Wildman–Crippen LogP) is -0.526. The van der Waals surface area contributed by atoms with Gasteiger partial charge in [0.05, 0.1) is 12.7 Å². The standard InChI is InChI=1S/C11H19N3O4Si/c1-19(2)17-6-8-7(15)5-10(18-8)14-4-3-9(12)13-11(14)16/h3-4,7-8,10,15,19H,5-6H2,1-2H3,(H2,12,13,16)/t7-,8+,10+/m0/s1. The van der Waals surface area contributed by atoms with Gasteiger partial charge in [-0.3, -0.25) is 4.57 Å². The van der Waals surface area contributed by atoms with Crippen LogP contribution in [0, 0.1) is 0 Å². The van der Waals surface area contributed by atoms with Gasteiger partial charge in [0, 0.05) is 12.6 Å². The molecule has 3 N–H and O–H groups in total. The van der Waals surface area contributed by atoms with Crippen LogP contribution in [-0.4, -0.2) is 42.5 Å². The molecule has 1 aromatic heterocycles. The van der Waals surface area contributed by atoms with Gasteiger partial charge in [0.15, 0.2) is 9.04 Å². The number of anilines is 1. The van der Waals surface area contributed by atoms with Gasteiger partial charge in [-0.2, -0.15) is 4.98 Å². The molecule has 19 heavy (non-hydrogen) atoms. The van der Waals surface area contributed by atoms with Gasteiger partial charge in [-0.1, -0.05) is 0 Å². The Morgan fingerprint density at radius 2 is 2.42 bits per heavy atom. The van der Waals surface area contributed by atoms with E-state index < -0.39 is 33.2 Å². The Morgan fingerprint density at radius 1 is 1.68 bits per heavy atom. The highest BCUT2D eigenvalue weighted by Crippen LogP contribution is 2.27. The molecule has 0 radical (unpaired) electrons. The van der Waals surface area contributed by atoms with Crippen LogP contribution in [0.2, 0.25) is 13.1 Å². The predicted molar refractivity (Wildman–Crippen MR) is 72.3 cm³/mol. The number of aliphatic hydroxyl groups is 1. The van der Waals surface area contributed by atoms with Gasteiger partial charge >= 0.3 is 5.69 Å². The van der Waals surface area contributed by atoms with E-state index in [4.69, 9.17) is 14.9 Å². The fraction of sp³-hybridized carbons (Fsp3) is 0.636. The zero-order chi connectivity index (χ0) is 14.0. The van der Waals surface area contributed by atoms with Crippen molar-refractivity contribution in [2.45, 2.75) is 38.0 Å². The second-order valence-corrected chi connectivity index (χ2v) is 7.29. The van der Waals surface area contributed by atoms with Crippen LogP contribution in [-0.2, 0) is 9.16 Å². The zero-order valence-corrected chi connectivity index (χ0v) is 12.2. The van der Waals surface area contributed by atoms with E-state index in [-0.39, 0.29) is 5.82 Å². The van der Waals surface area contributed by atoms with Gasteiger partial charge in [-0.15, -0.1) is 0 Å². The minimum absolute atomic E-state index is 0.172. The molecule has 0 saturated carbocycles. The van der Waals surface area contributed by atoms with E-state index in [0.29, 0.717) is 13.0 Å². The lowest BCUT2D eigenvalue weighted by atomic mass is 10.2. The number of hydrogen-bond donors (Lipinski definition) is 2. The molecule has 1 aliphatic rings. The highest BCUT2D eigenvalue weighted by Gasteiger charge is 2.35. The maximum atomic E-state index is 11.7. The van der Waals surface area contributed by atoms with E-state index in [1.54, 1.807) is 0 Å². The van der Waals surface area contributed by atoms with Crippen molar-refractivity contribution in [3.63, 3.8) is 0 Å².